The molecule has 0 aliphatic carbocycles. The lowest BCUT2D eigenvalue weighted by Crippen LogP contribution is -2.41. The highest BCUT2D eigenvalue weighted by Gasteiger charge is 2.12. The summed E-state index contributed by atoms with van der Waals surface area (Å²) in [7, 11) is 0. The molecular formula is C17H20FN5O2. The van der Waals surface area contributed by atoms with Crippen LogP contribution in [0.15, 0.2) is 36.7 Å². The first-order valence-electron chi connectivity index (χ1n) is 8.14. The molecular weight excluding hydrogens is 325 g/mol. The van der Waals surface area contributed by atoms with Gasteiger partial charge in [0.1, 0.15) is 23.7 Å². The van der Waals surface area contributed by atoms with Gasteiger partial charge in [-0.2, -0.15) is 0 Å². The molecule has 25 heavy (non-hydrogen) atoms. The van der Waals surface area contributed by atoms with Gasteiger partial charge in [0.2, 0.25) is 0 Å². The molecule has 3 rings (SSSR count). The number of morpholine rings is 1. The van der Waals surface area contributed by atoms with Crippen molar-refractivity contribution in [1.29, 1.82) is 0 Å². The Morgan fingerprint density at radius 2 is 2.04 bits per heavy atom. The van der Waals surface area contributed by atoms with E-state index >= 15 is 0 Å². The Bertz CT molecular complexity index is 722. The lowest BCUT2D eigenvalue weighted by molar-refractivity contribution is 0.0383. The Kier molecular flexibility index (Phi) is 5.86. The van der Waals surface area contributed by atoms with E-state index in [0.29, 0.717) is 18.1 Å². The average molecular weight is 345 g/mol. The number of nitrogens with one attached hydrogen (secondary N) is 2. The minimum atomic E-state index is -0.391. The minimum Gasteiger partial charge on any atom is -0.379 e. The first kappa shape index (κ1) is 17.2. The Morgan fingerprint density at radius 1 is 1.24 bits per heavy atom. The summed E-state index contributed by atoms with van der Waals surface area (Å²) in [5.74, 6) is -0.316. The van der Waals surface area contributed by atoms with Crippen molar-refractivity contribution in [2.24, 2.45) is 0 Å². The second kappa shape index (κ2) is 8.50. The van der Waals surface area contributed by atoms with Gasteiger partial charge in [0.25, 0.3) is 5.91 Å². The number of ether oxygens (including phenoxy) is 1. The average Bonchev–Trinajstić information content (AvgIpc) is 2.65. The molecule has 0 unspecified atom stereocenters. The zero-order valence-corrected chi connectivity index (χ0v) is 13.7. The highest BCUT2D eigenvalue weighted by molar-refractivity contribution is 5.92. The van der Waals surface area contributed by atoms with Gasteiger partial charge < -0.3 is 15.4 Å². The molecule has 0 radical (unpaired) electrons. The summed E-state index contributed by atoms with van der Waals surface area (Å²) in [6.45, 7) is 4.50. The number of hydrogen-bond acceptors (Lipinski definition) is 6. The van der Waals surface area contributed by atoms with Crippen LogP contribution in [0.4, 0.5) is 15.9 Å². The molecule has 2 heterocycles. The molecule has 1 fully saturated rings. The third-order valence-electron chi connectivity index (χ3n) is 3.85. The van der Waals surface area contributed by atoms with Crippen molar-refractivity contribution in [3.05, 3.63) is 48.2 Å². The van der Waals surface area contributed by atoms with Crippen molar-refractivity contribution in [3.8, 4) is 0 Å². The van der Waals surface area contributed by atoms with E-state index in [9.17, 15) is 9.18 Å². The summed E-state index contributed by atoms with van der Waals surface area (Å²) in [5, 5.41) is 5.68. The lowest BCUT2D eigenvalue weighted by atomic mass is 10.3. The molecule has 1 aromatic heterocycles. The number of para-hydroxylation sites is 1. The molecule has 1 aliphatic heterocycles. The molecule has 7 nitrogen and oxygen atoms in total. The van der Waals surface area contributed by atoms with Crippen LogP contribution in [0, 0.1) is 5.82 Å². The Labute approximate surface area is 145 Å². The third kappa shape index (κ3) is 4.94. The van der Waals surface area contributed by atoms with Crippen LogP contribution < -0.4 is 10.6 Å². The van der Waals surface area contributed by atoms with Gasteiger partial charge in [-0.1, -0.05) is 12.1 Å². The van der Waals surface area contributed by atoms with Crippen molar-refractivity contribution < 1.29 is 13.9 Å². The summed E-state index contributed by atoms with van der Waals surface area (Å²) in [4.78, 5) is 22.4. The molecule has 0 bridgehead atoms. The van der Waals surface area contributed by atoms with E-state index in [0.717, 1.165) is 32.8 Å². The van der Waals surface area contributed by atoms with E-state index in [1.54, 1.807) is 18.2 Å². The number of nitrogens with zero attached hydrogens (tertiary/aromatic N) is 3. The number of benzene rings is 1. The second-order valence-electron chi connectivity index (χ2n) is 5.60. The summed E-state index contributed by atoms with van der Waals surface area (Å²) in [6, 6.07) is 7.76. The standard InChI is InChI=1S/C17H20FN5O2/c18-13-3-1-2-4-14(13)22-16-11-15(20-12-21-16)17(24)19-5-6-23-7-9-25-10-8-23/h1-4,11-12H,5-10H2,(H,19,24)(H,20,21,22). The Balaban J connectivity index is 1.55. The van der Waals surface area contributed by atoms with Gasteiger partial charge in [0.05, 0.1) is 18.9 Å². The lowest BCUT2D eigenvalue weighted by Gasteiger charge is -2.26. The van der Waals surface area contributed by atoms with Gasteiger partial charge in [-0.3, -0.25) is 9.69 Å². The van der Waals surface area contributed by atoms with E-state index in [1.807, 2.05) is 0 Å². The first-order chi connectivity index (χ1) is 12.2. The molecule has 0 spiro atoms. The smallest absolute Gasteiger partial charge is 0.270 e. The monoisotopic (exact) mass is 345 g/mol. The summed E-state index contributed by atoms with van der Waals surface area (Å²) >= 11 is 0. The molecule has 0 saturated carbocycles. The van der Waals surface area contributed by atoms with Crippen molar-refractivity contribution in [3.63, 3.8) is 0 Å². The number of carbonyl (C=O) groups excluding carboxylic acids is 1. The fourth-order valence-corrected chi connectivity index (χ4v) is 2.49. The number of carbonyl (C=O) groups is 1. The molecule has 2 aromatic rings. The fraction of sp³-hybridized carbons (Fsp3) is 0.353. The van der Waals surface area contributed by atoms with E-state index in [2.05, 4.69) is 25.5 Å². The highest BCUT2D eigenvalue weighted by Crippen LogP contribution is 2.17. The maximum absolute atomic E-state index is 13.7. The third-order valence-corrected chi connectivity index (χ3v) is 3.85. The van der Waals surface area contributed by atoms with Gasteiger partial charge >= 0.3 is 0 Å². The number of halogens is 1. The molecule has 8 heteroatoms. The summed E-state index contributed by atoms with van der Waals surface area (Å²) in [5.41, 5.74) is 0.524. The quantitative estimate of drug-likeness (QED) is 0.824. The van der Waals surface area contributed by atoms with Gasteiger partial charge in [0.15, 0.2) is 0 Å². The van der Waals surface area contributed by atoms with Crippen LogP contribution in [0.1, 0.15) is 10.5 Å². The zero-order chi connectivity index (χ0) is 17.5. The fourth-order valence-electron chi connectivity index (χ4n) is 2.49. The first-order valence-corrected chi connectivity index (χ1v) is 8.14. The Hall–Kier alpha value is -2.58. The number of amides is 1. The normalized spacial score (nSPS) is 14.9. The molecule has 1 saturated heterocycles. The minimum absolute atomic E-state index is 0.232. The van der Waals surface area contributed by atoms with Crippen molar-refractivity contribution in [2.75, 3.05) is 44.7 Å². The molecule has 2 N–H and O–H groups in total. The number of hydrogen-bond donors (Lipinski definition) is 2. The predicted molar refractivity (Wildman–Crippen MR) is 91.3 cm³/mol. The van der Waals surface area contributed by atoms with Crippen molar-refractivity contribution in [1.82, 2.24) is 20.2 Å². The van der Waals surface area contributed by atoms with Crippen LogP contribution in [-0.4, -0.2) is 60.2 Å². The van der Waals surface area contributed by atoms with Gasteiger partial charge in [-0.15, -0.1) is 0 Å². The number of aromatic nitrogens is 2. The van der Waals surface area contributed by atoms with Gasteiger partial charge in [0, 0.05) is 32.2 Å². The summed E-state index contributed by atoms with van der Waals surface area (Å²) in [6.07, 6.45) is 1.28. The molecule has 132 valence electrons. The van der Waals surface area contributed by atoms with E-state index < -0.39 is 5.82 Å². The maximum Gasteiger partial charge on any atom is 0.270 e. The van der Waals surface area contributed by atoms with Crippen LogP contribution in [0.25, 0.3) is 0 Å². The Morgan fingerprint density at radius 3 is 2.84 bits per heavy atom. The molecule has 1 amide bonds. The SMILES string of the molecule is O=C(NCCN1CCOCC1)c1cc(Nc2ccccc2F)ncn1. The number of rotatable bonds is 6. The van der Waals surface area contributed by atoms with Crippen LogP contribution in [0.5, 0.6) is 0 Å². The molecule has 1 aromatic carbocycles. The highest BCUT2D eigenvalue weighted by atomic mass is 19.1. The molecule has 1 aliphatic rings. The zero-order valence-electron chi connectivity index (χ0n) is 13.7. The largest absolute Gasteiger partial charge is 0.379 e. The van der Waals surface area contributed by atoms with Crippen LogP contribution >= 0.6 is 0 Å². The summed E-state index contributed by atoms with van der Waals surface area (Å²) < 4.78 is 19.0. The maximum atomic E-state index is 13.7. The number of anilines is 2. The van der Waals surface area contributed by atoms with Crippen LogP contribution in [-0.2, 0) is 4.74 Å². The van der Waals surface area contributed by atoms with Crippen LogP contribution in [0.2, 0.25) is 0 Å². The van der Waals surface area contributed by atoms with E-state index in [-0.39, 0.29) is 11.6 Å². The van der Waals surface area contributed by atoms with Crippen molar-refractivity contribution >= 4 is 17.4 Å². The van der Waals surface area contributed by atoms with Gasteiger partial charge in [-0.05, 0) is 12.1 Å². The second-order valence-corrected chi connectivity index (χ2v) is 5.60. The van der Waals surface area contributed by atoms with E-state index in [1.165, 1.54) is 18.5 Å². The predicted octanol–water partition coefficient (Wildman–Crippen LogP) is 1.42. The topological polar surface area (TPSA) is 79.4 Å². The van der Waals surface area contributed by atoms with E-state index in [4.69, 9.17) is 4.74 Å². The van der Waals surface area contributed by atoms with Gasteiger partial charge in [-0.25, -0.2) is 14.4 Å². The van der Waals surface area contributed by atoms with Crippen molar-refractivity contribution in [2.45, 2.75) is 0 Å². The molecule has 0 atom stereocenters. The van der Waals surface area contributed by atoms with Crippen LogP contribution in [0.3, 0.4) is 0 Å².